The van der Waals surface area contributed by atoms with E-state index in [2.05, 4.69) is 72.6 Å². The number of aromatic nitrogens is 1. The molecule has 0 N–H and O–H groups in total. The summed E-state index contributed by atoms with van der Waals surface area (Å²) in [4.78, 5) is 10.3. The van der Waals surface area contributed by atoms with Crippen LogP contribution < -0.4 is 0 Å². The monoisotopic (exact) mass is 328 g/mol. The van der Waals surface area contributed by atoms with Crippen molar-refractivity contribution in [2.45, 2.75) is 12.5 Å². The molecule has 1 aromatic heterocycles. The van der Waals surface area contributed by atoms with Gasteiger partial charge in [-0.2, -0.15) is 0 Å². The van der Waals surface area contributed by atoms with E-state index in [1.807, 2.05) is 30.4 Å². The first-order chi connectivity index (χ1) is 12.2. The van der Waals surface area contributed by atoms with Crippen LogP contribution in [0.1, 0.15) is 18.1 Å². The molecule has 0 aliphatic carbocycles. The van der Waals surface area contributed by atoms with Crippen LogP contribution in [0.3, 0.4) is 0 Å². The molecule has 3 heteroatoms. The van der Waals surface area contributed by atoms with E-state index in [0.717, 1.165) is 16.9 Å². The third-order valence-electron chi connectivity index (χ3n) is 4.82. The predicted molar refractivity (Wildman–Crippen MR) is 100 cm³/mol. The molecule has 3 aromatic rings. The van der Waals surface area contributed by atoms with Gasteiger partial charge in [0.05, 0.1) is 0 Å². The van der Waals surface area contributed by atoms with Crippen LogP contribution in [0.4, 0.5) is 0 Å². The highest BCUT2D eigenvalue weighted by atomic mass is 16.7. The van der Waals surface area contributed by atoms with Gasteiger partial charge < -0.3 is 4.84 Å². The summed E-state index contributed by atoms with van der Waals surface area (Å²) in [7, 11) is 1.95. The van der Waals surface area contributed by atoms with Crippen molar-refractivity contribution in [3.8, 4) is 11.1 Å². The maximum absolute atomic E-state index is 6.03. The lowest BCUT2D eigenvalue weighted by Crippen LogP contribution is -2.34. The van der Waals surface area contributed by atoms with E-state index < -0.39 is 0 Å². The Hall–Kier alpha value is -2.91. The summed E-state index contributed by atoms with van der Waals surface area (Å²) in [6.07, 6.45) is 5.83. The van der Waals surface area contributed by atoms with Crippen LogP contribution >= 0.6 is 0 Å². The maximum Gasteiger partial charge on any atom is 0.153 e. The SMILES string of the molecule is CN1OC(c2ccc(-c3ccccc3)cc2)=CC1(C)c1cccnc1. The third kappa shape index (κ3) is 2.83. The average Bonchev–Trinajstić information content (AvgIpc) is 2.99. The Morgan fingerprint density at radius 2 is 1.52 bits per heavy atom. The first-order valence-electron chi connectivity index (χ1n) is 8.38. The first kappa shape index (κ1) is 15.6. The van der Waals surface area contributed by atoms with Gasteiger partial charge in [0.25, 0.3) is 0 Å². The number of nitrogens with zero attached hydrogens (tertiary/aromatic N) is 2. The number of rotatable bonds is 3. The fourth-order valence-electron chi connectivity index (χ4n) is 3.14. The average molecular weight is 328 g/mol. The molecular formula is C22H20N2O. The molecule has 0 amide bonds. The minimum atomic E-state index is -0.332. The number of hydrogen-bond donors (Lipinski definition) is 0. The molecule has 0 bridgehead atoms. The van der Waals surface area contributed by atoms with Crippen LogP contribution in [-0.2, 0) is 10.4 Å². The number of pyridine rings is 1. The topological polar surface area (TPSA) is 25.4 Å². The summed E-state index contributed by atoms with van der Waals surface area (Å²) < 4.78 is 0. The fourth-order valence-corrected chi connectivity index (χ4v) is 3.14. The maximum atomic E-state index is 6.03. The second-order valence-corrected chi connectivity index (χ2v) is 6.43. The van der Waals surface area contributed by atoms with Gasteiger partial charge in [0.2, 0.25) is 0 Å². The first-order valence-corrected chi connectivity index (χ1v) is 8.38. The zero-order valence-electron chi connectivity index (χ0n) is 14.4. The molecule has 1 unspecified atom stereocenters. The van der Waals surface area contributed by atoms with Crippen molar-refractivity contribution in [2.24, 2.45) is 0 Å². The lowest BCUT2D eigenvalue weighted by atomic mass is 9.92. The highest BCUT2D eigenvalue weighted by Gasteiger charge is 2.38. The van der Waals surface area contributed by atoms with Crippen molar-refractivity contribution >= 4 is 5.76 Å². The molecule has 0 saturated heterocycles. The van der Waals surface area contributed by atoms with Gasteiger partial charge in [-0.25, -0.2) is 0 Å². The van der Waals surface area contributed by atoms with E-state index in [1.165, 1.54) is 11.1 Å². The van der Waals surface area contributed by atoms with Gasteiger partial charge in [-0.15, -0.1) is 5.06 Å². The van der Waals surface area contributed by atoms with Gasteiger partial charge in [0, 0.05) is 25.0 Å². The molecule has 1 aliphatic rings. The van der Waals surface area contributed by atoms with Gasteiger partial charge in [0.1, 0.15) is 5.54 Å². The van der Waals surface area contributed by atoms with Crippen LogP contribution in [0, 0.1) is 0 Å². The fraction of sp³-hybridized carbons (Fsp3) is 0.136. The second kappa shape index (κ2) is 6.19. The zero-order chi connectivity index (χ0) is 17.3. The largest absolute Gasteiger partial charge is 0.405 e. The van der Waals surface area contributed by atoms with Gasteiger partial charge in [-0.1, -0.05) is 60.7 Å². The summed E-state index contributed by atoms with van der Waals surface area (Å²) in [6.45, 7) is 2.13. The molecule has 1 atom stereocenters. The lowest BCUT2D eigenvalue weighted by molar-refractivity contribution is -0.105. The quantitative estimate of drug-likeness (QED) is 0.685. The smallest absolute Gasteiger partial charge is 0.153 e. The van der Waals surface area contributed by atoms with Crippen LogP contribution in [0.2, 0.25) is 0 Å². The molecule has 25 heavy (non-hydrogen) atoms. The Morgan fingerprint density at radius 1 is 0.840 bits per heavy atom. The normalized spacial score (nSPS) is 20.2. The van der Waals surface area contributed by atoms with Crippen LogP contribution in [0.25, 0.3) is 16.9 Å². The molecule has 0 saturated carbocycles. The van der Waals surface area contributed by atoms with Crippen molar-refractivity contribution in [2.75, 3.05) is 7.05 Å². The van der Waals surface area contributed by atoms with Gasteiger partial charge in [-0.05, 0) is 35.8 Å². The molecular weight excluding hydrogens is 308 g/mol. The third-order valence-corrected chi connectivity index (χ3v) is 4.82. The molecule has 0 spiro atoms. The van der Waals surface area contributed by atoms with Crippen LogP contribution in [0.5, 0.6) is 0 Å². The molecule has 2 heterocycles. The molecule has 3 nitrogen and oxygen atoms in total. The summed E-state index contributed by atoms with van der Waals surface area (Å²) >= 11 is 0. The Morgan fingerprint density at radius 3 is 2.20 bits per heavy atom. The van der Waals surface area contributed by atoms with Crippen molar-refractivity contribution in [3.63, 3.8) is 0 Å². The van der Waals surface area contributed by atoms with E-state index in [4.69, 9.17) is 4.84 Å². The van der Waals surface area contributed by atoms with E-state index in [0.29, 0.717) is 0 Å². The summed E-state index contributed by atoms with van der Waals surface area (Å²) in [5.41, 5.74) is 4.26. The summed E-state index contributed by atoms with van der Waals surface area (Å²) in [5, 5.41) is 1.88. The highest BCUT2D eigenvalue weighted by Crippen LogP contribution is 2.39. The minimum absolute atomic E-state index is 0.332. The Bertz CT molecular complexity index is 888. The number of benzene rings is 2. The number of hydrogen-bond acceptors (Lipinski definition) is 3. The number of likely N-dealkylation sites (N-methyl/N-ethyl adjacent to an activating group) is 1. The molecule has 0 fully saturated rings. The zero-order valence-corrected chi connectivity index (χ0v) is 14.4. The molecule has 4 rings (SSSR count). The molecule has 1 aliphatic heterocycles. The lowest BCUT2D eigenvalue weighted by Gasteiger charge is -2.28. The van der Waals surface area contributed by atoms with E-state index in [9.17, 15) is 0 Å². The van der Waals surface area contributed by atoms with Crippen molar-refractivity contribution in [3.05, 3.63) is 96.3 Å². The molecule has 0 radical (unpaired) electrons. The van der Waals surface area contributed by atoms with E-state index in [-0.39, 0.29) is 5.54 Å². The second-order valence-electron chi connectivity index (χ2n) is 6.43. The van der Waals surface area contributed by atoms with Crippen LogP contribution in [0.15, 0.2) is 85.2 Å². The van der Waals surface area contributed by atoms with Gasteiger partial charge >= 0.3 is 0 Å². The van der Waals surface area contributed by atoms with Gasteiger partial charge in [0.15, 0.2) is 5.76 Å². The Balaban J connectivity index is 1.65. The van der Waals surface area contributed by atoms with Crippen molar-refractivity contribution in [1.82, 2.24) is 10.0 Å². The number of hydroxylamine groups is 2. The Labute approximate surface area is 148 Å². The standard InChI is InChI=1S/C22H20N2O/c1-22(20-9-6-14-23-16-20)15-21(25-24(22)2)19-12-10-18(11-13-19)17-7-4-3-5-8-17/h3-16H,1-2H3. The van der Waals surface area contributed by atoms with Crippen molar-refractivity contribution in [1.29, 1.82) is 0 Å². The highest BCUT2D eigenvalue weighted by molar-refractivity contribution is 5.69. The molecule has 124 valence electrons. The van der Waals surface area contributed by atoms with Crippen molar-refractivity contribution < 1.29 is 4.84 Å². The van der Waals surface area contributed by atoms with Crippen LogP contribution in [-0.4, -0.2) is 17.1 Å². The minimum Gasteiger partial charge on any atom is -0.405 e. The van der Waals surface area contributed by atoms with E-state index in [1.54, 1.807) is 6.20 Å². The predicted octanol–water partition coefficient (Wildman–Crippen LogP) is 4.88. The summed E-state index contributed by atoms with van der Waals surface area (Å²) in [5.74, 6) is 0.869. The molecule has 2 aromatic carbocycles. The van der Waals surface area contributed by atoms with E-state index >= 15 is 0 Å². The summed E-state index contributed by atoms with van der Waals surface area (Å²) in [6, 6.07) is 22.9. The Kier molecular flexibility index (Phi) is 3.86. The van der Waals surface area contributed by atoms with Gasteiger partial charge in [-0.3, -0.25) is 4.98 Å².